The van der Waals surface area contributed by atoms with E-state index in [-0.39, 0.29) is 0 Å². The molecule has 1 fully saturated rings. The Morgan fingerprint density at radius 3 is 2.88 bits per heavy atom. The molecular weight excluding hydrogens is 212 g/mol. The molecule has 96 valence electrons. The minimum absolute atomic E-state index is 0.843. The zero-order chi connectivity index (χ0) is 11.9. The third-order valence-corrected chi connectivity index (χ3v) is 3.73. The first-order valence-corrected chi connectivity index (χ1v) is 6.86. The van der Waals surface area contributed by atoms with Crippen LogP contribution in [0.2, 0.25) is 0 Å². The third-order valence-electron chi connectivity index (χ3n) is 3.73. The van der Waals surface area contributed by atoms with E-state index in [0.29, 0.717) is 0 Å². The summed E-state index contributed by atoms with van der Waals surface area (Å²) in [5.41, 5.74) is 1.23. The van der Waals surface area contributed by atoms with Gasteiger partial charge >= 0.3 is 0 Å². The van der Waals surface area contributed by atoms with Crippen molar-refractivity contribution in [1.82, 2.24) is 10.2 Å². The van der Waals surface area contributed by atoms with Crippen LogP contribution in [0.15, 0.2) is 23.0 Å². The zero-order valence-corrected chi connectivity index (χ0v) is 10.8. The third kappa shape index (κ3) is 3.86. The van der Waals surface area contributed by atoms with Crippen LogP contribution in [0.4, 0.5) is 0 Å². The van der Waals surface area contributed by atoms with Gasteiger partial charge in [-0.2, -0.15) is 0 Å². The van der Waals surface area contributed by atoms with Crippen molar-refractivity contribution in [1.29, 1.82) is 0 Å². The van der Waals surface area contributed by atoms with Crippen LogP contribution in [0.1, 0.15) is 38.2 Å². The first-order valence-electron chi connectivity index (χ1n) is 6.86. The second-order valence-corrected chi connectivity index (χ2v) is 4.88. The van der Waals surface area contributed by atoms with Gasteiger partial charge in [0.15, 0.2) is 0 Å². The number of nitrogens with zero attached hydrogens (tertiary/aromatic N) is 1. The number of rotatable bonds is 7. The fraction of sp³-hybridized carbons (Fsp3) is 0.714. The van der Waals surface area contributed by atoms with Crippen LogP contribution in [0.3, 0.4) is 0 Å². The van der Waals surface area contributed by atoms with E-state index in [9.17, 15) is 0 Å². The first-order chi connectivity index (χ1) is 8.40. The van der Waals surface area contributed by atoms with Gasteiger partial charge in [0.25, 0.3) is 0 Å². The Bertz CT molecular complexity index is 291. The van der Waals surface area contributed by atoms with Crippen molar-refractivity contribution < 1.29 is 4.42 Å². The van der Waals surface area contributed by atoms with E-state index in [0.717, 1.165) is 19.1 Å². The summed E-state index contributed by atoms with van der Waals surface area (Å²) in [5.74, 6) is 0. The Hall–Kier alpha value is -0.800. The van der Waals surface area contributed by atoms with E-state index >= 15 is 0 Å². The summed E-state index contributed by atoms with van der Waals surface area (Å²) >= 11 is 0. The monoisotopic (exact) mass is 236 g/mol. The summed E-state index contributed by atoms with van der Waals surface area (Å²) < 4.78 is 5.04. The average molecular weight is 236 g/mol. The van der Waals surface area contributed by atoms with Crippen molar-refractivity contribution in [2.24, 2.45) is 0 Å². The molecule has 0 spiro atoms. The fourth-order valence-corrected chi connectivity index (χ4v) is 2.72. The summed E-state index contributed by atoms with van der Waals surface area (Å²) in [4.78, 5) is 2.62. The van der Waals surface area contributed by atoms with Crippen LogP contribution in [0.25, 0.3) is 0 Å². The number of hydrogen-bond acceptors (Lipinski definition) is 3. The van der Waals surface area contributed by atoms with E-state index in [1.165, 1.54) is 44.3 Å². The molecule has 0 radical (unpaired) electrons. The minimum atomic E-state index is 0.843. The molecule has 1 aliphatic carbocycles. The Kier molecular flexibility index (Phi) is 5.08. The van der Waals surface area contributed by atoms with E-state index < -0.39 is 0 Å². The van der Waals surface area contributed by atoms with Crippen LogP contribution in [0.5, 0.6) is 0 Å². The smallest absolute Gasteiger partial charge is 0.0947 e. The molecule has 0 amide bonds. The van der Waals surface area contributed by atoms with Crippen LogP contribution >= 0.6 is 0 Å². The Morgan fingerprint density at radius 2 is 2.24 bits per heavy atom. The van der Waals surface area contributed by atoms with Crippen LogP contribution in [-0.2, 0) is 6.54 Å². The van der Waals surface area contributed by atoms with E-state index in [2.05, 4.69) is 17.1 Å². The second kappa shape index (κ2) is 6.82. The van der Waals surface area contributed by atoms with Crippen molar-refractivity contribution in [2.45, 2.75) is 45.2 Å². The van der Waals surface area contributed by atoms with Crippen molar-refractivity contribution in [2.75, 3.05) is 19.6 Å². The molecule has 1 heterocycles. The number of hydrogen-bond donors (Lipinski definition) is 1. The average Bonchev–Trinajstić information content (AvgIpc) is 3.01. The second-order valence-electron chi connectivity index (χ2n) is 4.88. The highest BCUT2D eigenvalue weighted by molar-refractivity contribution is 5.04. The quantitative estimate of drug-likeness (QED) is 0.738. The van der Waals surface area contributed by atoms with Crippen LogP contribution in [0, 0.1) is 0 Å². The molecule has 1 aromatic rings. The lowest BCUT2D eigenvalue weighted by Crippen LogP contribution is -2.38. The summed E-state index contributed by atoms with van der Waals surface area (Å²) in [6.45, 7) is 6.60. The highest BCUT2D eigenvalue weighted by Crippen LogP contribution is 2.22. The molecule has 2 rings (SSSR count). The van der Waals surface area contributed by atoms with Crippen molar-refractivity contribution in [3.05, 3.63) is 24.2 Å². The molecule has 17 heavy (non-hydrogen) atoms. The summed E-state index contributed by atoms with van der Waals surface area (Å²) in [6, 6.07) is 2.86. The summed E-state index contributed by atoms with van der Waals surface area (Å²) in [6.07, 6.45) is 9.17. The van der Waals surface area contributed by atoms with Gasteiger partial charge in [-0.05, 0) is 25.5 Å². The van der Waals surface area contributed by atoms with E-state index in [1.807, 2.05) is 12.3 Å². The highest BCUT2D eigenvalue weighted by Gasteiger charge is 2.20. The van der Waals surface area contributed by atoms with Gasteiger partial charge in [-0.25, -0.2) is 0 Å². The standard InChI is InChI=1S/C14H24N2O/c1-2-16(14-5-3-4-6-14)9-8-15-11-13-7-10-17-12-13/h7,10,12,14-15H,2-6,8-9,11H2,1H3. The van der Waals surface area contributed by atoms with E-state index in [1.54, 1.807) is 6.26 Å². The largest absolute Gasteiger partial charge is 0.472 e. The van der Waals surface area contributed by atoms with Crippen molar-refractivity contribution >= 4 is 0 Å². The number of furan rings is 1. The first kappa shape index (κ1) is 12.7. The molecule has 1 N–H and O–H groups in total. The lowest BCUT2D eigenvalue weighted by atomic mass is 10.2. The Balaban J connectivity index is 1.62. The predicted molar refractivity (Wildman–Crippen MR) is 69.9 cm³/mol. The predicted octanol–water partition coefficient (Wildman–Crippen LogP) is 2.63. The van der Waals surface area contributed by atoms with Gasteiger partial charge in [0.1, 0.15) is 0 Å². The summed E-state index contributed by atoms with van der Waals surface area (Å²) in [5, 5.41) is 3.47. The van der Waals surface area contributed by atoms with Gasteiger partial charge in [-0.3, -0.25) is 4.90 Å². The van der Waals surface area contributed by atoms with Gasteiger partial charge in [0.2, 0.25) is 0 Å². The molecule has 0 atom stereocenters. The van der Waals surface area contributed by atoms with Gasteiger partial charge in [0.05, 0.1) is 12.5 Å². The van der Waals surface area contributed by atoms with Gasteiger partial charge in [-0.15, -0.1) is 0 Å². The van der Waals surface area contributed by atoms with Crippen molar-refractivity contribution in [3.8, 4) is 0 Å². The normalized spacial score (nSPS) is 17.1. The maximum Gasteiger partial charge on any atom is 0.0947 e. The molecule has 0 unspecified atom stereocenters. The van der Waals surface area contributed by atoms with Crippen LogP contribution in [-0.4, -0.2) is 30.6 Å². The molecule has 1 aliphatic rings. The molecule has 3 nitrogen and oxygen atoms in total. The molecule has 3 heteroatoms. The molecule has 0 saturated heterocycles. The fourth-order valence-electron chi connectivity index (χ4n) is 2.72. The molecule has 0 bridgehead atoms. The molecular formula is C14H24N2O. The lowest BCUT2D eigenvalue weighted by molar-refractivity contribution is 0.209. The van der Waals surface area contributed by atoms with Gasteiger partial charge in [0, 0.05) is 31.2 Å². The van der Waals surface area contributed by atoms with Gasteiger partial charge in [-0.1, -0.05) is 19.8 Å². The molecule has 1 saturated carbocycles. The Morgan fingerprint density at radius 1 is 1.41 bits per heavy atom. The summed E-state index contributed by atoms with van der Waals surface area (Å²) in [7, 11) is 0. The molecule has 0 aromatic carbocycles. The SMILES string of the molecule is CCN(CCNCc1ccoc1)C1CCCC1. The number of likely N-dealkylation sites (N-methyl/N-ethyl adjacent to an activating group) is 1. The van der Waals surface area contributed by atoms with Crippen LogP contribution < -0.4 is 5.32 Å². The molecule has 1 aromatic heterocycles. The lowest BCUT2D eigenvalue weighted by Gasteiger charge is -2.27. The Labute approximate surface area is 104 Å². The maximum absolute atomic E-state index is 5.04. The highest BCUT2D eigenvalue weighted by atomic mass is 16.3. The van der Waals surface area contributed by atoms with Gasteiger partial charge < -0.3 is 9.73 Å². The zero-order valence-electron chi connectivity index (χ0n) is 10.8. The topological polar surface area (TPSA) is 28.4 Å². The minimum Gasteiger partial charge on any atom is -0.472 e. The molecule has 0 aliphatic heterocycles. The number of nitrogens with one attached hydrogen (secondary N) is 1. The van der Waals surface area contributed by atoms with E-state index in [4.69, 9.17) is 4.42 Å². The van der Waals surface area contributed by atoms with Crippen molar-refractivity contribution in [3.63, 3.8) is 0 Å². The maximum atomic E-state index is 5.04.